The fraction of sp³-hybridized carbons (Fsp3) is 0.769. The molecule has 114 valence electrons. The van der Waals surface area contributed by atoms with Crippen LogP contribution in [0.5, 0.6) is 0 Å². The van der Waals surface area contributed by atoms with E-state index in [4.69, 9.17) is 4.74 Å². The molecule has 20 heavy (non-hydrogen) atoms. The predicted molar refractivity (Wildman–Crippen MR) is 72.8 cm³/mol. The maximum atomic E-state index is 12.2. The van der Waals surface area contributed by atoms with Gasteiger partial charge in [0.25, 0.3) is 0 Å². The van der Waals surface area contributed by atoms with Crippen LogP contribution in [0.25, 0.3) is 0 Å². The molecule has 2 amide bonds. The monoisotopic (exact) mass is 285 g/mol. The molecule has 7 nitrogen and oxygen atoms in total. The zero-order valence-electron chi connectivity index (χ0n) is 12.7. The topological polar surface area (TPSA) is 88.9 Å². The molecule has 0 aromatic carbocycles. The first-order valence-electron chi connectivity index (χ1n) is 6.61. The Labute approximate surface area is 119 Å². The maximum absolute atomic E-state index is 12.2. The summed E-state index contributed by atoms with van der Waals surface area (Å²) in [5.74, 6) is -0.910. The summed E-state index contributed by atoms with van der Waals surface area (Å²) in [5, 5.41) is 2.90. The van der Waals surface area contributed by atoms with Gasteiger partial charge in [-0.15, -0.1) is 0 Å². The Morgan fingerprint density at radius 1 is 1.30 bits per heavy atom. The van der Waals surface area contributed by atoms with Gasteiger partial charge in [-0.3, -0.25) is 9.59 Å². The number of esters is 1. The van der Waals surface area contributed by atoms with Crippen LogP contribution in [-0.4, -0.2) is 74.0 Å². The van der Waals surface area contributed by atoms with E-state index >= 15 is 0 Å². The lowest BCUT2D eigenvalue weighted by molar-refractivity contribution is -0.154. The second-order valence-corrected chi connectivity index (χ2v) is 5.37. The summed E-state index contributed by atoms with van der Waals surface area (Å²) >= 11 is 0. The van der Waals surface area contributed by atoms with Gasteiger partial charge in [0.05, 0.1) is 19.7 Å². The van der Waals surface area contributed by atoms with Crippen LogP contribution in [0.4, 0.5) is 0 Å². The molecule has 0 aliphatic carbocycles. The second kappa shape index (κ2) is 6.69. The fourth-order valence-electron chi connectivity index (χ4n) is 2.05. The highest BCUT2D eigenvalue weighted by molar-refractivity contribution is 5.90. The molecule has 0 saturated carbocycles. The molecule has 0 aromatic heterocycles. The molecule has 1 rings (SSSR count). The Hall–Kier alpha value is -1.63. The third kappa shape index (κ3) is 3.93. The summed E-state index contributed by atoms with van der Waals surface area (Å²) in [7, 11) is 4.43. The molecule has 0 radical (unpaired) electrons. The zero-order chi connectivity index (χ0) is 15.4. The van der Waals surface area contributed by atoms with Crippen molar-refractivity contribution in [1.29, 1.82) is 0 Å². The van der Waals surface area contributed by atoms with Gasteiger partial charge in [0.15, 0.2) is 0 Å². The van der Waals surface area contributed by atoms with Crippen LogP contribution in [0, 0.1) is 5.92 Å². The van der Waals surface area contributed by atoms with Gasteiger partial charge in [0, 0.05) is 20.6 Å². The maximum Gasteiger partial charge on any atom is 0.328 e. The van der Waals surface area contributed by atoms with E-state index in [0.29, 0.717) is 6.54 Å². The van der Waals surface area contributed by atoms with E-state index in [1.54, 1.807) is 14.1 Å². The third-order valence-corrected chi connectivity index (χ3v) is 3.34. The van der Waals surface area contributed by atoms with E-state index in [2.05, 4.69) is 5.32 Å². The van der Waals surface area contributed by atoms with Crippen LogP contribution in [0.1, 0.15) is 13.8 Å². The van der Waals surface area contributed by atoms with Gasteiger partial charge in [-0.25, -0.2) is 4.79 Å². The predicted octanol–water partition coefficient (Wildman–Crippen LogP) is -0.927. The Morgan fingerprint density at radius 3 is 2.25 bits per heavy atom. The summed E-state index contributed by atoms with van der Waals surface area (Å²) in [6.45, 7) is 4.29. The van der Waals surface area contributed by atoms with Crippen molar-refractivity contribution in [3.05, 3.63) is 0 Å². The average molecular weight is 285 g/mol. The van der Waals surface area contributed by atoms with Crippen molar-refractivity contribution in [3.63, 3.8) is 0 Å². The zero-order valence-corrected chi connectivity index (χ0v) is 12.7. The molecular weight excluding hydrogens is 262 g/mol. The molecule has 1 aliphatic heterocycles. The van der Waals surface area contributed by atoms with Crippen molar-refractivity contribution in [3.8, 4) is 0 Å². The Balaban J connectivity index is 2.63. The highest BCUT2D eigenvalue weighted by Gasteiger charge is 2.34. The lowest BCUT2D eigenvalue weighted by Crippen LogP contribution is -2.50. The molecule has 1 saturated heterocycles. The molecule has 1 unspecified atom stereocenters. The SMILES string of the molecule is COC(=O)C(C(C)C)N(C)C(=O)CN(C)C(=O)[C@H]1CN1. The van der Waals surface area contributed by atoms with Crippen LogP contribution >= 0.6 is 0 Å². The highest BCUT2D eigenvalue weighted by Crippen LogP contribution is 2.12. The van der Waals surface area contributed by atoms with E-state index in [1.165, 1.54) is 16.9 Å². The van der Waals surface area contributed by atoms with E-state index in [9.17, 15) is 14.4 Å². The third-order valence-electron chi connectivity index (χ3n) is 3.34. The van der Waals surface area contributed by atoms with Crippen molar-refractivity contribution >= 4 is 17.8 Å². The normalized spacial score (nSPS) is 18.4. The number of carbonyl (C=O) groups is 3. The number of likely N-dealkylation sites (N-methyl/N-ethyl adjacent to an activating group) is 2. The first-order chi connectivity index (χ1) is 9.29. The standard InChI is InChI=1S/C13H23N3O4/c1-8(2)11(13(19)20-5)16(4)10(17)7-15(3)12(18)9-6-14-9/h8-9,11,14H,6-7H2,1-5H3/t9-,11?/m1/s1. The van der Waals surface area contributed by atoms with Gasteiger partial charge in [-0.05, 0) is 5.92 Å². The number of ether oxygens (including phenoxy) is 1. The molecular formula is C13H23N3O4. The molecule has 1 N–H and O–H groups in total. The first-order valence-corrected chi connectivity index (χ1v) is 6.61. The number of methoxy groups -OCH3 is 1. The smallest absolute Gasteiger partial charge is 0.328 e. The van der Waals surface area contributed by atoms with Gasteiger partial charge in [-0.2, -0.15) is 0 Å². The number of carbonyl (C=O) groups excluding carboxylic acids is 3. The molecule has 1 heterocycles. The average Bonchev–Trinajstić information content (AvgIpc) is 3.21. The number of hydrogen-bond acceptors (Lipinski definition) is 5. The van der Waals surface area contributed by atoms with Crippen molar-refractivity contribution in [2.75, 3.05) is 34.3 Å². The summed E-state index contributed by atoms with van der Waals surface area (Å²) in [6.07, 6.45) is 0. The Morgan fingerprint density at radius 2 is 1.85 bits per heavy atom. The minimum Gasteiger partial charge on any atom is -0.467 e. The molecule has 1 aliphatic rings. The van der Waals surface area contributed by atoms with Crippen molar-refractivity contribution < 1.29 is 19.1 Å². The largest absolute Gasteiger partial charge is 0.467 e. The Bertz CT molecular complexity index is 393. The number of amides is 2. The van der Waals surface area contributed by atoms with E-state index in [1.807, 2.05) is 13.8 Å². The van der Waals surface area contributed by atoms with Gasteiger partial charge >= 0.3 is 5.97 Å². The molecule has 0 bridgehead atoms. The summed E-state index contributed by atoms with van der Waals surface area (Å²) < 4.78 is 4.72. The summed E-state index contributed by atoms with van der Waals surface area (Å²) in [4.78, 5) is 38.4. The highest BCUT2D eigenvalue weighted by atomic mass is 16.5. The number of rotatable bonds is 6. The van der Waals surface area contributed by atoms with Gasteiger partial charge < -0.3 is 19.9 Å². The van der Waals surface area contributed by atoms with Crippen LogP contribution in [0.15, 0.2) is 0 Å². The first kappa shape index (κ1) is 16.4. The number of hydrogen-bond donors (Lipinski definition) is 1. The van der Waals surface area contributed by atoms with Gasteiger partial charge in [0.2, 0.25) is 11.8 Å². The molecule has 1 fully saturated rings. The van der Waals surface area contributed by atoms with E-state index in [-0.39, 0.29) is 30.3 Å². The van der Waals surface area contributed by atoms with Crippen LogP contribution in [0.3, 0.4) is 0 Å². The molecule has 2 atom stereocenters. The minimum absolute atomic E-state index is 0.0479. The van der Waals surface area contributed by atoms with E-state index < -0.39 is 12.0 Å². The quantitative estimate of drug-likeness (QED) is 0.503. The summed E-state index contributed by atoms with van der Waals surface area (Å²) in [5.41, 5.74) is 0. The number of nitrogens with one attached hydrogen (secondary N) is 1. The second-order valence-electron chi connectivity index (χ2n) is 5.37. The van der Waals surface area contributed by atoms with Gasteiger partial charge in [-0.1, -0.05) is 13.8 Å². The summed E-state index contributed by atoms with van der Waals surface area (Å²) in [6, 6.07) is -0.810. The molecule has 7 heteroatoms. The van der Waals surface area contributed by atoms with Crippen molar-refractivity contribution in [1.82, 2.24) is 15.1 Å². The fourth-order valence-corrected chi connectivity index (χ4v) is 2.05. The lowest BCUT2D eigenvalue weighted by Gasteiger charge is -2.30. The lowest BCUT2D eigenvalue weighted by atomic mass is 10.0. The van der Waals surface area contributed by atoms with Crippen molar-refractivity contribution in [2.24, 2.45) is 5.92 Å². The van der Waals surface area contributed by atoms with Crippen LogP contribution < -0.4 is 5.32 Å². The number of nitrogens with zero attached hydrogens (tertiary/aromatic N) is 2. The van der Waals surface area contributed by atoms with Crippen LogP contribution in [0.2, 0.25) is 0 Å². The van der Waals surface area contributed by atoms with E-state index in [0.717, 1.165) is 0 Å². The minimum atomic E-state index is -0.643. The molecule has 0 aromatic rings. The molecule has 0 spiro atoms. The van der Waals surface area contributed by atoms with Gasteiger partial charge in [0.1, 0.15) is 6.04 Å². The Kier molecular flexibility index (Phi) is 5.50. The van der Waals surface area contributed by atoms with Crippen LogP contribution in [-0.2, 0) is 19.1 Å². The van der Waals surface area contributed by atoms with Crippen molar-refractivity contribution in [2.45, 2.75) is 25.9 Å².